The molecule has 0 amide bonds. The number of nitrogens with one attached hydrogen (secondary N) is 1. The molecule has 0 aromatic carbocycles. The summed E-state index contributed by atoms with van der Waals surface area (Å²) >= 11 is 2.15. The van der Waals surface area contributed by atoms with Gasteiger partial charge in [0.25, 0.3) is 0 Å². The van der Waals surface area contributed by atoms with E-state index >= 15 is 0 Å². The molecule has 0 spiro atoms. The van der Waals surface area contributed by atoms with Crippen molar-refractivity contribution in [2.24, 2.45) is 4.99 Å². The molecule has 2 nitrogen and oxygen atoms in total. The van der Waals surface area contributed by atoms with E-state index in [4.69, 9.17) is 0 Å². The Hall–Kier alpha value is -0.390. The molecule has 0 saturated heterocycles. The van der Waals surface area contributed by atoms with Crippen LogP contribution in [0.1, 0.15) is 6.42 Å². The fourth-order valence-corrected chi connectivity index (χ4v) is 1.70. The molecule has 2 rings (SSSR count). The first-order valence-corrected chi connectivity index (χ1v) is 4.40. The summed E-state index contributed by atoms with van der Waals surface area (Å²) in [6, 6.07) is 1.96. The topological polar surface area (TPSA) is 28.1 Å². The van der Waals surface area contributed by atoms with Crippen LogP contribution in [-0.4, -0.2) is 11.3 Å². The summed E-state index contributed by atoms with van der Waals surface area (Å²) in [4.78, 5) is 6.78. The molecule has 11 heavy (non-hydrogen) atoms. The van der Waals surface area contributed by atoms with Gasteiger partial charge >= 0.3 is 0 Å². The Balaban J connectivity index is 2.72. The zero-order valence-corrected chi connectivity index (χ0v) is 7.80. The molecular weight excluding hydrogens is 258 g/mol. The van der Waals surface area contributed by atoms with Gasteiger partial charge in [-0.15, -0.1) is 0 Å². The Bertz CT molecular complexity index is 382. The van der Waals surface area contributed by atoms with Gasteiger partial charge in [-0.1, -0.05) is 6.08 Å². The first-order valence-electron chi connectivity index (χ1n) is 3.32. The van der Waals surface area contributed by atoms with E-state index in [9.17, 15) is 4.39 Å². The van der Waals surface area contributed by atoms with Gasteiger partial charge in [0.15, 0.2) is 6.30 Å². The Kier molecular flexibility index (Phi) is 1.71. The van der Waals surface area contributed by atoms with Crippen molar-refractivity contribution < 1.29 is 4.39 Å². The molecule has 4 heteroatoms. The van der Waals surface area contributed by atoms with Crippen molar-refractivity contribution in [3.8, 4) is 0 Å². The molecule has 1 aromatic rings. The maximum absolute atomic E-state index is 12.7. The third-order valence-electron chi connectivity index (χ3n) is 1.59. The quantitative estimate of drug-likeness (QED) is 0.528. The van der Waals surface area contributed by atoms with Gasteiger partial charge in [0.05, 0.1) is 3.70 Å². The first kappa shape index (κ1) is 7.27. The molecular formula is C7H6FIN2. The second-order valence-electron chi connectivity index (χ2n) is 2.42. The summed E-state index contributed by atoms with van der Waals surface area (Å²) in [5.41, 5.74) is 0.674. The highest BCUT2D eigenvalue weighted by atomic mass is 127. The summed E-state index contributed by atoms with van der Waals surface area (Å²) in [5, 5.41) is 1.02. The van der Waals surface area contributed by atoms with Crippen LogP contribution >= 0.6 is 22.6 Å². The molecule has 1 N–H and O–H groups in total. The van der Waals surface area contributed by atoms with Crippen molar-refractivity contribution in [3.63, 3.8) is 0 Å². The van der Waals surface area contributed by atoms with E-state index in [1.807, 2.05) is 12.1 Å². The highest BCUT2D eigenvalue weighted by molar-refractivity contribution is 14.1. The van der Waals surface area contributed by atoms with E-state index in [-0.39, 0.29) is 0 Å². The number of halogens is 2. The Morgan fingerprint density at radius 1 is 1.73 bits per heavy atom. The molecule has 2 heterocycles. The van der Waals surface area contributed by atoms with Crippen molar-refractivity contribution in [1.29, 1.82) is 0 Å². The van der Waals surface area contributed by atoms with Crippen molar-refractivity contribution in [1.82, 2.24) is 4.98 Å². The van der Waals surface area contributed by atoms with E-state index in [1.54, 1.807) is 0 Å². The second-order valence-corrected chi connectivity index (χ2v) is 3.59. The summed E-state index contributed by atoms with van der Waals surface area (Å²) < 4.78 is 13.7. The van der Waals surface area contributed by atoms with Gasteiger partial charge in [-0.3, -0.25) is 0 Å². The third-order valence-corrected chi connectivity index (χ3v) is 2.18. The fourth-order valence-electron chi connectivity index (χ4n) is 1.11. The Labute approximate surface area is 76.4 Å². The lowest BCUT2D eigenvalue weighted by Gasteiger charge is -1.99. The smallest absolute Gasteiger partial charge is 0.195 e. The van der Waals surface area contributed by atoms with Gasteiger partial charge in [0.2, 0.25) is 0 Å². The lowest BCUT2D eigenvalue weighted by molar-refractivity contribution is 0.344. The lowest BCUT2D eigenvalue weighted by atomic mass is 10.3. The summed E-state index contributed by atoms with van der Waals surface area (Å²) in [6.07, 6.45) is 1.21. The van der Waals surface area contributed by atoms with E-state index in [0.717, 1.165) is 8.92 Å². The van der Waals surface area contributed by atoms with Crippen molar-refractivity contribution >= 4 is 28.7 Å². The average molecular weight is 264 g/mol. The third kappa shape index (κ3) is 1.31. The number of aromatic nitrogens is 1. The van der Waals surface area contributed by atoms with Crippen LogP contribution in [0.25, 0.3) is 6.08 Å². The summed E-state index contributed by atoms with van der Waals surface area (Å²) in [6.45, 7) is 0. The SMILES string of the molecule is FC1CC=c2cc(I)[nH]c2=N1. The minimum atomic E-state index is -1.06. The van der Waals surface area contributed by atoms with Crippen LogP contribution in [0.4, 0.5) is 4.39 Å². The largest absolute Gasteiger partial charge is 0.335 e. The van der Waals surface area contributed by atoms with Crippen molar-refractivity contribution in [2.75, 3.05) is 0 Å². The van der Waals surface area contributed by atoms with Crippen LogP contribution in [0.5, 0.6) is 0 Å². The van der Waals surface area contributed by atoms with Gasteiger partial charge in [0, 0.05) is 11.6 Å². The van der Waals surface area contributed by atoms with Crippen molar-refractivity contribution in [2.45, 2.75) is 12.7 Å². The van der Waals surface area contributed by atoms with Gasteiger partial charge in [0.1, 0.15) is 5.49 Å². The predicted octanol–water partition coefficient (Wildman–Crippen LogP) is 0.719. The van der Waals surface area contributed by atoms with Crippen LogP contribution in [0, 0.1) is 3.70 Å². The molecule has 1 atom stereocenters. The molecule has 1 aromatic heterocycles. The minimum absolute atomic E-state index is 0.404. The van der Waals surface area contributed by atoms with Gasteiger partial charge < -0.3 is 4.98 Å². The monoisotopic (exact) mass is 264 g/mol. The van der Waals surface area contributed by atoms with Crippen LogP contribution in [0.15, 0.2) is 11.1 Å². The molecule has 0 fully saturated rings. The van der Waals surface area contributed by atoms with Crippen LogP contribution < -0.4 is 10.7 Å². The molecule has 0 aliphatic carbocycles. The van der Waals surface area contributed by atoms with Crippen LogP contribution in [-0.2, 0) is 0 Å². The zero-order chi connectivity index (χ0) is 7.84. The molecule has 0 radical (unpaired) electrons. The number of aromatic amines is 1. The number of hydrogen-bond donors (Lipinski definition) is 1. The zero-order valence-electron chi connectivity index (χ0n) is 5.64. The fraction of sp³-hybridized carbons (Fsp3) is 0.286. The molecule has 1 aliphatic rings. The van der Waals surface area contributed by atoms with E-state index < -0.39 is 6.30 Å². The first-order chi connectivity index (χ1) is 5.25. The lowest BCUT2D eigenvalue weighted by Crippen LogP contribution is -2.28. The Morgan fingerprint density at radius 3 is 3.36 bits per heavy atom. The molecule has 58 valence electrons. The second kappa shape index (κ2) is 2.58. The van der Waals surface area contributed by atoms with E-state index in [0.29, 0.717) is 11.9 Å². The number of nitrogens with zero attached hydrogens (tertiary/aromatic N) is 1. The van der Waals surface area contributed by atoms with Crippen LogP contribution in [0.3, 0.4) is 0 Å². The van der Waals surface area contributed by atoms with E-state index in [2.05, 4.69) is 32.6 Å². The predicted molar refractivity (Wildman–Crippen MR) is 48.3 cm³/mol. The number of hydrogen-bond acceptors (Lipinski definition) is 1. The summed E-state index contributed by atoms with van der Waals surface area (Å²) in [5.74, 6) is 0. The average Bonchev–Trinajstić information content (AvgIpc) is 2.27. The number of rotatable bonds is 0. The normalized spacial score (nSPS) is 21.8. The van der Waals surface area contributed by atoms with E-state index in [1.165, 1.54) is 0 Å². The maximum atomic E-state index is 12.7. The summed E-state index contributed by atoms with van der Waals surface area (Å²) in [7, 11) is 0. The standard InChI is InChI=1S/C7H6FIN2/c8-5-2-1-4-3-6(9)11-7(4)10-5/h1,3,5H,2H2,(H,10,11). The Morgan fingerprint density at radius 2 is 2.55 bits per heavy atom. The van der Waals surface area contributed by atoms with Gasteiger partial charge in [-0.05, 0) is 28.7 Å². The number of alkyl halides is 1. The van der Waals surface area contributed by atoms with Crippen LogP contribution in [0.2, 0.25) is 0 Å². The highest BCUT2D eigenvalue weighted by Gasteiger charge is 2.06. The maximum Gasteiger partial charge on any atom is 0.195 e. The molecule has 0 saturated carbocycles. The van der Waals surface area contributed by atoms with Gasteiger partial charge in [-0.2, -0.15) is 0 Å². The minimum Gasteiger partial charge on any atom is -0.335 e. The van der Waals surface area contributed by atoms with Gasteiger partial charge in [-0.25, -0.2) is 9.38 Å². The number of fused-ring (bicyclic) bond motifs is 1. The number of H-pyrrole nitrogens is 1. The highest BCUT2D eigenvalue weighted by Crippen LogP contribution is 2.02. The molecule has 1 unspecified atom stereocenters. The molecule has 1 aliphatic heterocycles. The molecule has 0 bridgehead atoms. The van der Waals surface area contributed by atoms with Crippen molar-refractivity contribution in [3.05, 3.63) is 20.5 Å².